The highest BCUT2D eigenvalue weighted by Crippen LogP contribution is 2.34. The maximum Gasteiger partial charge on any atom is 0.306 e. The normalized spacial score (nSPS) is 16.9. The predicted octanol–water partition coefficient (Wildman–Crippen LogP) is 1.72. The van der Waals surface area contributed by atoms with Crippen molar-refractivity contribution in [2.24, 2.45) is 0 Å². The lowest BCUT2D eigenvalue weighted by Crippen LogP contribution is -2.35. The third-order valence-electron chi connectivity index (χ3n) is 4.05. The molecule has 1 heterocycles. The molecule has 0 bridgehead atoms. The van der Waals surface area contributed by atoms with E-state index in [9.17, 15) is 13.7 Å². The summed E-state index contributed by atoms with van der Waals surface area (Å²) in [4.78, 5) is 2.34. The Balaban J connectivity index is 2.15. The lowest BCUT2D eigenvalue weighted by atomic mass is 9.86. The van der Waals surface area contributed by atoms with Gasteiger partial charge in [-0.25, -0.2) is 0 Å². The summed E-state index contributed by atoms with van der Waals surface area (Å²) in [5.41, 5.74) is 1.20. The summed E-state index contributed by atoms with van der Waals surface area (Å²) in [6, 6.07) is 7.27. The van der Waals surface area contributed by atoms with Gasteiger partial charge in [-0.2, -0.15) is 13.7 Å². The molecule has 0 saturated carbocycles. The van der Waals surface area contributed by atoms with Gasteiger partial charge in [-0.05, 0) is 43.5 Å². The van der Waals surface area contributed by atoms with Crippen molar-refractivity contribution in [1.29, 1.82) is 5.26 Å². The Morgan fingerprint density at radius 3 is 2.61 bits per heavy atom. The molecule has 0 atom stereocenters. The topological polar surface area (TPSA) is 79.6 Å². The molecule has 0 spiro atoms. The van der Waals surface area contributed by atoms with Gasteiger partial charge in [-0.15, -0.1) is 0 Å². The van der Waals surface area contributed by atoms with Gasteiger partial charge >= 0.3 is 10.1 Å². The van der Waals surface area contributed by atoms with Crippen LogP contribution in [-0.2, 0) is 14.9 Å². The molecule has 2 rings (SSSR count). The average Bonchev–Trinajstić information content (AvgIpc) is 2.51. The van der Waals surface area contributed by atoms with Crippen molar-refractivity contribution in [1.82, 2.24) is 4.90 Å². The third-order valence-corrected chi connectivity index (χ3v) is 4.53. The first-order chi connectivity index (χ1) is 10.9. The Bertz CT molecular complexity index is 674. The van der Waals surface area contributed by atoms with E-state index < -0.39 is 10.1 Å². The molecule has 0 amide bonds. The molecule has 7 heteroatoms. The Labute approximate surface area is 137 Å². The van der Waals surface area contributed by atoms with Crippen LogP contribution in [0, 0.1) is 11.3 Å². The molecule has 1 saturated heterocycles. The number of likely N-dealkylation sites (tertiary alicyclic amines) is 1. The SMILES string of the molecule is COCCN1CCC(c2cccc(OS(C)(=O)=O)c2C#N)CC1. The standard InChI is InChI=1S/C16H22N2O4S/c1-21-11-10-18-8-6-13(7-9-18)14-4-3-5-16(15(14)12-17)22-23(2,19)20/h3-5,13H,6-11H2,1-2H3. The van der Waals surface area contributed by atoms with Gasteiger partial charge in [-0.1, -0.05) is 12.1 Å². The Kier molecular flexibility index (Phi) is 5.99. The summed E-state index contributed by atoms with van der Waals surface area (Å²) in [7, 11) is -1.96. The van der Waals surface area contributed by atoms with Crippen molar-refractivity contribution in [2.75, 3.05) is 39.6 Å². The lowest BCUT2D eigenvalue weighted by Gasteiger charge is -2.32. The van der Waals surface area contributed by atoms with E-state index in [2.05, 4.69) is 11.0 Å². The van der Waals surface area contributed by atoms with E-state index >= 15 is 0 Å². The maximum atomic E-state index is 11.3. The van der Waals surface area contributed by atoms with Gasteiger partial charge in [-0.3, -0.25) is 0 Å². The zero-order valence-corrected chi connectivity index (χ0v) is 14.3. The van der Waals surface area contributed by atoms with Crippen molar-refractivity contribution >= 4 is 10.1 Å². The molecule has 0 aromatic heterocycles. The fraction of sp³-hybridized carbons (Fsp3) is 0.562. The van der Waals surface area contributed by atoms with E-state index in [1.165, 1.54) is 6.07 Å². The fourth-order valence-corrected chi connectivity index (χ4v) is 3.39. The molecule has 1 aliphatic heterocycles. The third kappa shape index (κ3) is 4.93. The number of piperidine rings is 1. The monoisotopic (exact) mass is 338 g/mol. The predicted molar refractivity (Wildman–Crippen MR) is 86.9 cm³/mol. The minimum Gasteiger partial charge on any atom is -0.383 e. The van der Waals surface area contributed by atoms with Gasteiger partial charge < -0.3 is 13.8 Å². The first-order valence-corrected chi connectivity index (χ1v) is 9.40. The van der Waals surface area contributed by atoms with Gasteiger partial charge in [0.05, 0.1) is 18.4 Å². The van der Waals surface area contributed by atoms with Crippen molar-refractivity contribution in [3.63, 3.8) is 0 Å². The first kappa shape index (κ1) is 17.7. The number of ether oxygens (including phenoxy) is 1. The Morgan fingerprint density at radius 2 is 2.04 bits per heavy atom. The molecular weight excluding hydrogens is 316 g/mol. The van der Waals surface area contributed by atoms with E-state index in [0.29, 0.717) is 12.2 Å². The molecule has 1 aromatic carbocycles. The molecule has 0 N–H and O–H groups in total. The van der Waals surface area contributed by atoms with Crippen molar-refractivity contribution in [2.45, 2.75) is 18.8 Å². The van der Waals surface area contributed by atoms with E-state index in [1.54, 1.807) is 13.2 Å². The van der Waals surface area contributed by atoms with Gasteiger partial charge in [0, 0.05) is 13.7 Å². The number of hydrogen-bond donors (Lipinski definition) is 0. The van der Waals surface area contributed by atoms with Crippen LogP contribution in [-0.4, -0.2) is 52.9 Å². The number of benzene rings is 1. The zero-order valence-electron chi connectivity index (χ0n) is 13.5. The second kappa shape index (κ2) is 7.77. The molecule has 126 valence electrons. The number of hydrogen-bond acceptors (Lipinski definition) is 6. The van der Waals surface area contributed by atoms with Crippen LogP contribution < -0.4 is 4.18 Å². The van der Waals surface area contributed by atoms with Crippen LogP contribution in [0.5, 0.6) is 5.75 Å². The van der Waals surface area contributed by atoms with E-state index in [4.69, 9.17) is 8.92 Å². The molecule has 6 nitrogen and oxygen atoms in total. The summed E-state index contributed by atoms with van der Waals surface area (Å²) in [5.74, 6) is 0.362. The molecule has 1 fully saturated rings. The Morgan fingerprint density at radius 1 is 1.35 bits per heavy atom. The lowest BCUT2D eigenvalue weighted by molar-refractivity contribution is 0.130. The molecule has 1 aliphatic rings. The second-order valence-electron chi connectivity index (χ2n) is 5.73. The van der Waals surface area contributed by atoms with Crippen molar-refractivity contribution in [3.05, 3.63) is 29.3 Å². The van der Waals surface area contributed by atoms with E-state index in [-0.39, 0.29) is 11.7 Å². The molecular formula is C16H22N2O4S. The number of nitriles is 1. The summed E-state index contributed by atoms with van der Waals surface area (Å²) in [6.45, 7) is 3.50. The largest absolute Gasteiger partial charge is 0.383 e. The highest BCUT2D eigenvalue weighted by molar-refractivity contribution is 7.86. The molecule has 23 heavy (non-hydrogen) atoms. The van der Waals surface area contributed by atoms with Gasteiger partial charge in [0.1, 0.15) is 6.07 Å². The second-order valence-corrected chi connectivity index (χ2v) is 7.30. The number of rotatable bonds is 6. The summed E-state index contributed by atoms with van der Waals surface area (Å²) in [6.07, 6.45) is 2.84. The highest BCUT2D eigenvalue weighted by atomic mass is 32.2. The van der Waals surface area contributed by atoms with Crippen LogP contribution >= 0.6 is 0 Å². The van der Waals surface area contributed by atoms with Crippen LogP contribution in [0.4, 0.5) is 0 Å². The van der Waals surface area contributed by atoms with Crippen LogP contribution in [0.15, 0.2) is 18.2 Å². The van der Waals surface area contributed by atoms with Gasteiger partial charge in [0.25, 0.3) is 0 Å². The minimum atomic E-state index is -3.65. The summed E-state index contributed by atoms with van der Waals surface area (Å²) >= 11 is 0. The minimum absolute atomic E-state index is 0.120. The van der Waals surface area contributed by atoms with Crippen molar-refractivity contribution < 1.29 is 17.3 Å². The quantitative estimate of drug-likeness (QED) is 0.735. The molecule has 0 unspecified atom stereocenters. The maximum absolute atomic E-state index is 11.3. The smallest absolute Gasteiger partial charge is 0.306 e. The summed E-state index contributed by atoms with van der Waals surface area (Å²) < 4.78 is 32.7. The van der Waals surface area contributed by atoms with Gasteiger partial charge in [0.15, 0.2) is 5.75 Å². The van der Waals surface area contributed by atoms with Gasteiger partial charge in [0.2, 0.25) is 0 Å². The van der Waals surface area contributed by atoms with E-state index in [1.807, 2.05) is 6.07 Å². The molecule has 0 radical (unpaired) electrons. The van der Waals surface area contributed by atoms with Crippen LogP contribution in [0.1, 0.15) is 29.9 Å². The van der Waals surface area contributed by atoms with Crippen LogP contribution in [0.25, 0.3) is 0 Å². The number of nitrogens with zero attached hydrogens (tertiary/aromatic N) is 2. The highest BCUT2D eigenvalue weighted by Gasteiger charge is 2.24. The molecule has 1 aromatic rings. The number of methoxy groups -OCH3 is 1. The zero-order chi connectivity index (χ0) is 16.9. The molecule has 0 aliphatic carbocycles. The van der Waals surface area contributed by atoms with Crippen LogP contribution in [0.3, 0.4) is 0 Å². The average molecular weight is 338 g/mol. The van der Waals surface area contributed by atoms with Crippen molar-refractivity contribution in [3.8, 4) is 11.8 Å². The van der Waals surface area contributed by atoms with Crippen LogP contribution in [0.2, 0.25) is 0 Å². The summed E-state index contributed by atoms with van der Waals surface area (Å²) in [5, 5.41) is 9.44. The first-order valence-electron chi connectivity index (χ1n) is 7.58. The fourth-order valence-electron chi connectivity index (χ4n) is 2.93. The van der Waals surface area contributed by atoms with E-state index in [0.717, 1.165) is 44.3 Å². The Hall–Kier alpha value is -1.62.